The lowest BCUT2D eigenvalue weighted by molar-refractivity contribution is 0.402. The number of benzene rings is 1. The van der Waals surface area contributed by atoms with E-state index in [1.165, 1.54) is 12.1 Å². The standard InChI is InChI=1S/C13H15FIN3O/c1-3-11(16-4-2)13-18-17-12(19-13)9-6-5-8(14)7-10(9)15/h5-7,11,16H,3-4H2,1-2H3. The molecule has 0 aliphatic heterocycles. The van der Waals surface area contributed by atoms with Gasteiger partial charge in [-0.2, -0.15) is 0 Å². The lowest BCUT2D eigenvalue weighted by Crippen LogP contribution is -2.20. The molecule has 0 aliphatic rings. The van der Waals surface area contributed by atoms with Crippen LogP contribution in [0.25, 0.3) is 11.5 Å². The quantitative estimate of drug-likeness (QED) is 0.813. The summed E-state index contributed by atoms with van der Waals surface area (Å²) in [5.41, 5.74) is 0.757. The van der Waals surface area contributed by atoms with Gasteiger partial charge in [-0.1, -0.05) is 13.8 Å². The molecule has 0 saturated heterocycles. The van der Waals surface area contributed by atoms with Crippen molar-refractivity contribution in [3.8, 4) is 11.5 Å². The second-order valence-electron chi connectivity index (χ2n) is 4.09. The van der Waals surface area contributed by atoms with Crippen LogP contribution in [0.3, 0.4) is 0 Å². The van der Waals surface area contributed by atoms with E-state index < -0.39 is 0 Å². The number of nitrogens with one attached hydrogen (secondary N) is 1. The van der Waals surface area contributed by atoms with Crippen molar-refractivity contribution in [3.05, 3.63) is 33.5 Å². The van der Waals surface area contributed by atoms with E-state index in [4.69, 9.17) is 4.42 Å². The van der Waals surface area contributed by atoms with E-state index in [1.807, 2.05) is 6.92 Å². The number of rotatable bonds is 5. The van der Waals surface area contributed by atoms with Crippen LogP contribution in [-0.4, -0.2) is 16.7 Å². The largest absolute Gasteiger partial charge is 0.419 e. The van der Waals surface area contributed by atoms with Gasteiger partial charge in [-0.15, -0.1) is 10.2 Å². The van der Waals surface area contributed by atoms with Crippen LogP contribution in [0.2, 0.25) is 0 Å². The highest BCUT2D eigenvalue weighted by Crippen LogP contribution is 2.26. The zero-order chi connectivity index (χ0) is 13.8. The van der Waals surface area contributed by atoms with E-state index in [0.29, 0.717) is 11.8 Å². The Hall–Kier alpha value is -1.02. The summed E-state index contributed by atoms with van der Waals surface area (Å²) in [5.74, 6) is 0.724. The fourth-order valence-electron chi connectivity index (χ4n) is 1.80. The van der Waals surface area contributed by atoms with Crippen LogP contribution >= 0.6 is 22.6 Å². The normalized spacial score (nSPS) is 12.6. The Bertz CT molecular complexity index is 559. The number of hydrogen-bond acceptors (Lipinski definition) is 4. The first-order chi connectivity index (χ1) is 9.15. The first-order valence-electron chi connectivity index (χ1n) is 6.17. The molecular formula is C13H15FIN3O. The smallest absolute Gasteiger partial charge is 0.248 e. The molecule has 1 atom stereocenters. The van der Waals surface area contributed by atoms with Gasteiger partial charge in [-0.3, -0.25) is 0 Å². The Morgan fingerprint density at radius 1 is 1.37 bits per heavy atom. The van der Waals surface area contributed by atoms with Crippen molar-refractivity contribution in [3.63, 3.8) is 0 Å². The SMILES string of the molecule is CCNC(CC)c1nnc(-c2ccc(F)cc2I)o1. The molecule has 4 nitrogen and oxygen atoms in total. The van der Waals surface area contributed by atoms with Gasteiger partial charge in [0.15, 0.2) is 0 Å². The summed E-state index contributed by atoms with van der Waals surface area (Å²) in [7, 11) is 0. The molecule has 102 valence electrons. The van der Waals surface area contributed by atoms with Gasteiger partial charge in [0.2, 0.25) is 11.8 Å². The third-order valence-electron chi connectivity index (χ3n) is 2.76. The van der Waals surface area contributed by atoms with Crippen molar-refractivity contribution in [2.24, 2.45) is 0 Å². The Balaban J connectivity index is 2.29. The molecule has 6 heteroatoms. The molecule has 1 aromatic heterocycles. The minimum atomic E-state index is -0.271. The van der Waals surface area contributed by atoms with Crippen molar-refractivity contribution in [1.29, 1.82) is 0 Å². The van der Waals surface area contributed by atoms with Crippen molar-refractivity contribution in [2.75, 3.05) is 6.54 Å². The second kappa shape index (κ2) is 6.42. The molecule has 1 unspecified atom stereocenters. The van der Waals surface area contributed by atoms with E-state index >= 15 is 0 Å². The van der Waals surface area contributed by atoms with Gasteiger partial charge in [0.25, 0.3) is 0 Å². The van der Waals surface area contributed by atoms with Crippen LogP contribution in [-0.2, 0) is 0 Å². The number of hydrogen-bond donors (Lipinski definition) is 1. The van der Waals surface area contributed by atoms with E-state index in [-0.39, 0.29) is 11.9 Å². The third kappa shape index (κ3) is 3.30. The van der Waals surface area contributed by atoms with Gasteiger partial charge in [0, 0.05) is 3.57 Å². The highest BCUT2D eigenvalue weighted by molar-refractivity contribution is 14.1. The van der Waals surface area contributed by atoms with E-state index in [1.54, 1.807) is 6.07 Å². The Kier molecular flexibility index (Phi) is 4.87. The highest BCUT2D eigenvalue weighted by atomic mass is 127. The van der Waals surface area contributed by atoms with Crippen molar-refractivity contribution in [1.82, 2.24) is 15.5 Å². The summed E-state index contributed by atoms with van der Waals surface area (Å²) in [5, 5.41) is 11.4. The molecule has 0 radical (unpaired) electrons. The predicted octanol–water partition coefficient (Wildman–Crippen LogP) is 3.54. The van der Waals surface area contributed by atoms with Gasteiger partial charge in [-0.25, -0.2) is 4.39 Å². The van der Waals surface area contributed by atoms with Crippen LogP contribution in [0, 0.1) is 9.39 Å². The van der Waals surface area contributed by atoms with E-state index in [2.05, 4.69) is 45.0 Å². The molecular weight excluding hydrogens is 360 g/mol. The molecule has 1 heterocycles. The molecule has 0 amide bonds. The summed E-state index contributed by atoms with van der Waals surface area (Å²) in [6.07, 6.45) is 0.871. The van der Waals surface area contributed by atoms with Crippen LogP contribution in [0.1, 0.15) is 32.2 Å². The fourth-order valence-corrected chi connectivity index (χ4v) is 2.51. The van der Waals surface area contributed by atoms with Gasteiger partial charge in [0.1, 0.15) is 5.82 Å². The first-order valence-corrected chi connectivity index (χ1v) is 7.25. The lowest BCUT2D eigenvalue weighted by Gasteiger charge is -2.10. The summed E-state index contributed by atoms with van der Waals surface area (Å²) in [6.45, 7) is 4.92. The minimum absolute atomic E-state index is 0.0596. The molecule has 1 N–H and O–H groups in total. The zero-order valence-corrected chi connectivity index (χ0v) is 12.9. The summed E-state index contributed by atoms with van der Waals surface area (Å²) in [4.78, 5) is 0. The molecule has 2 rings (SSSR count). The van der Waals surface area contributed by atoms with Crippen LogP contribution in [0.15, 0.2) is 22.6 Å². The van der Waals surface area contributed by atoms with Crippen molar-refractivity contribution in [2.45, 2.75) is 26.3 Å². The summed E-state index contributed by atoms with van der Waals surface area (Å²) < 4.78 is 19.5. The molecule has 2 aromatic rings. The summed E-state index contributed by atoms with van der Waals surface area (Å²) >= 11 is 2.06. The van der Waals surface area contributed by atoms with Gasteiger partial charge >= 0.3 is 0 Å². The van der Waals surface area contributed by atoms with E-state index in [0.717, 1.165) is 22.1 Å². The van der Waals surface area contributed by atoms with Gasteiger partial charge < -0.3 is 9.73 Å². The molecule has 0 saturated carbocycles. The lowest BCUT2D eigenvalue weighted by atomic mass is 10.2. The molecule has 1 aromatic carbocycles. The number of nitrogens with zero attached hydrogens (tertiary/aromatic N) is 2. The minimum Gasteiger partial charge on any atom is -0.419 e. The molecule has 0 fully saturated rings. The Morgan fingerprint density at radius 3 is 2.79 bits per heavy atom. The van der Waals surface area contributed by atoms with Crippen LogP contribution in [0.5, 0.6) is 0 Å². The zero-order valence-electron chi connectivity index (χ0n) is 10.8. The topological polar surface area (TPSA) is 51.0 Å². The van der Waals surface area contributed by atoms with Crippen LogP contribution < -0.4 is 5.32 Å². The third-order valence-corrected chi connectivity index (χ3v) is 3.65. The second-order valence-corrected chi connectivity index (χ2v) is 5.25. The fraction of sp³-hybridized carbons (Fsp3) is 0.385. The van der Waals surface area contributed by atoms with Gasteiger partial charge in [0.05, 0.1) is 11.6 Å². The monoisotopic (exact) mass is 375 g/mol. The maximum Gasteiger partial charge on any atom is 0.248 e. The Morgan fingerprint density at radius 2 is 2.16 bits per heavy atom. The maximum absolute atomic E-state index is 13.1. The Labute approximate surface area is 124 Å². The van der Waals surface area contributed by atoms with Crippen molar-refractivity contribution >= 4 is 22.6 Å². The van der Waals surface area contributed by atoms with Gasteiger partial charge in [-0.05, 0) is 53.8 Å². The average Bonchev–Trinajstić information content (AvgIpc) is 2.85. The molecule has 0 bridgehead atoms. The first kappa shape index (κ1) is 14.4. The maximum atomic E-state index is 13.1. The molecule has 0 spiro atoms. The van der Waals surface area contributed by atoms with Crippen LogP contribution in [0.4, 0.5) is 4.39 Å². The number of aromatic nitrogens is 2. The summed E-state index contributed by atoms with van der Waals surface area (Å²) in [6, 6.07) is 4.55. The molecule has 19 heavy (non-hydrogen) atoms. The van der Waals surface area contributed by atoms with Crippen molar-refractivity contribution < 1.29 is 8.81 Å². The number of halogens is 2. The highest BCUT2D eigenvalue weighted by Gasteiger charge is 2.17. The molecule has 0 aliphatic carbocycles. The predicted molar refractivity (Wildman–Crippen MR) is 79.1 cm³/mol. The average molecular weight is 375 g/mol. The van der Waals surface area contributed by atoms with E-state index in [9.17, 15) is 4.39 Å².